The van der Waals surface area contributed by atoms with Gasteiger partial charge in [0.05, 0.1) is 5.69 Å². The molecule has 0 spiro atoms. The van der Waals surface area contributed by atoms with Crippen LogP contribution in [0, 0.1) is 5.92 Å². The summed E-state index contributed by atoms with van der Waals surface area (Å²) in [5.74, 6) is 1.00. The van der Waals surface area contributed by atoms with Crippen molar-refractivity contribution in [2.75, 3.05) is 0 Å². The van der Waals surface area contributed by atoms with Crippen molar-refractivity contribution in [3.8, 4) is 0 Å². The summed E-state index contributed by atoms with van der Waals surface area (Å²) in [6.45, 7) is 3.13. The summed E-state index contributed by atoms with van der Waals surface area (Å²) < 4.78 is 3.85. The molecule has 0 bridgehead atoms. The minimum absolute atomic E-state index is 0.671. The molecule has 1 aliphatic rings. The van der Waals surface area contributed by atoms with Crippen LogP contribution in [0.5, 0.6) is 0 Å². The lowest BCUT2D eigenvalue weighted by Crippen LogP contribution is -2.28. The molecule has 1 saturated carbocycles. The third-order valence-electron chi connectivity index (χ3n) is 2.78. The molecule has 3 nitrogen and oxygen atoms in total. The average Bonchev–Trinajstić information content (AvgIpc) is 2.86. The predicted molar refractivity (Wildman–Crippen MR) is 58.2 cm³/mol. The van der Waals surface area contributed by atoms with E-state index < -0.39 is 0 Å². The summed E-state index contributed by atoms with van der Waals surface area (Å²) in [6, 6.07) is 0.671. The van der Waals surface area contributed by atoms with Gasteiger partial charge >= 0.3 is 0 Å². The minimum Gasteiger partial charge on any atom is -0.308 e. The highest BCUT2D eigenvalue weighted by Gasteiger charge is 2.24. The number of nitrogens with one attached hydrogen (secondary N) is 1. The quantitative estimate of drug-likeness (QED) is 0.784. The van der Waals surface area contributed by atoms with Crippen LogP contribution in [-0.2, 0) is 6.54 Å². The third-order valence-corrected chi connectivity index (χ3v) is 3.34. The molecule has 1 heterocycles. The van der Waals surface area contributed by atoms with E-state index in [0.29, 0.717) is 6.04 Å². The number of rotatable bonds is 6. The van der Waals surface area contributed by atoms with Crippen LogP contribution in [0.15, 0.2) is 5.38 Å². The van der Waals surface area contributed by atoms with Gasteiger partial charge in [0.1, 0.15) is 0 Å². The van der Waals surface area contributed by atoms with Gasteiger partial charge in [-0.3, -0.25) is 0 Å². The molecule has 1 fully saturated rings. The Bertz CT molecular complexity index is 256. The summed E-state index contributed by atoms with van der Waals surface area (Å²) in [6.07, 6.45) is 5.44. The molecule has 4 heteroatoms. The van der Waals surface area contributed by atoms with Crippen molar-refractivity contribution in [3.63, 3.8) is 0 Å². The number of nitrogens with zero attached hydrogens (tertiary/aromatic N) is 2. The lowest BCUT2D eigenvalue weighted by atomic mass is 10.1. The Hall–Kier alpha value is -0.480. The molecule has 1 aliphatic carbocycles. The monoisotopic (exact) mass is 211 g/mol. The summed E-state index contributed by atoms with van der Waals surface area (Å²) in [4.78, 5) is 0. The highest BCUT2D eigenvalue weighted by atomic mass is 32.1. The SMILES string of the molecule is CCC(CC1CC1)NCc1csnn1. The fourth-order valence-electron chi connectivity index (χ4n) is 1.66. The maximum Gasteiger partial charge on any atom is 0.0893 e. The topological polar surface area (TPSA) is 37.8 Å². The van der Waals surface area contributed by atoms with E-state index in [-0.39, 0.29) is 0 Å². The second kappa shape index (κ2) is 4.84. The summed E-state index contributed by atoms with van der Waals surface area (Å²) in [5, 5.41) is 9.58. The van der Waals surface area contributed by atoms with Crippen LogP contribution in [0.1, 0.15) is 38.3 Å². The molecular formula is C10H17N3S. The Balaban J connectivity index is 1.71. The molecular weight excluding hydrogens is 194 g/mol. The van der Waals surface area contributed by atoms with Gasteiger partial charge in [0.2, 0.25) is 0 Å². The van der Waals surface area contributed by atoms with E-state index in [0.717, 1.165) is 18.2 Å². The molecule has 1 N–H and O–H groups in total. The Labute approximate surface area is 89.1 Å². The van der Waals surface area contributed by atoms with E-state index in [4.69, 9.17) is 0 Å². The molecule has 0 amide bonds. The van der Waals surface area contributed by atoms with Gasteiger partial charge in [-0.2, -0.15) is 0 Å². The highest BCUT2D eigenvalue weighted by Crippen LogP contribution is 2.34. The fraction of sp³-hybridized carbons (Fsp3) is 0.800. The molecule has 1 aromatic heterocycles. The highest BCUT2D eigenvalue weighted by molar-refractivity contribution is 7.03. The Kier molecular flexibility index (Phi) is 3.48. The lowest BCUT2D eigenvalue weighted by molar-refractivity contribution is 0.442. The number of hydrogen-bond acceptors (Lipinski definition) is 4. The van der Waals surface area contributed by atoms with E-state index in [1.54, 1.807) is 0 Å². The zero-order valence-electron chi connectivity index (χ0n) is 8.57. The Morgan fingerprint density at radius 3 is 3.07 bits per heavy atom. The van der Waals surface area contributed by atoms with Crippen LogP contribution in [0.25, 0.3) is 0 Å². The Morgan fingerprint density at radius 2 is 2.50 bits per heavy atom. The maximum absolute atomic E-state index is 4.02. The van der Waals surface area contributed by atoms with E-state index >= 15 is 0 Å². The molecule has 2 rings (SSSR count). The van der Waals surface area contributed by atoms with Gasteiger partial charge in [0.25, 0.3) is 0 Å². The fourth-order valence-corrected chi connectivity index (χ4v) is 2.11. The standard InChI is InChI=1S/C10H17N3S/c1-2-9(5-8-3-4-8)11-6-10-7-14-13-12-10/h7-9,11H,2-6H2,1H3. The van der Waals surface area contributed by atoms with E-state index in [1.807, 2.05) is 5.38 Å². The van der Waals surface area contributed by atoms with Crippen LogP contribution < -0.4 is 5.32 Å². The molecule has 14 heavy (non-hydrogen) atoms. The van der Waals surface area contributed by atoms with Crippen molar-refractivity contribution >= 4 is 11.5 Å². The molecule has 0 aromatic carbocycles. The average molecular weight is 211 g/mol. The van der Waals surface area contributed by atoms with Crippen molar-refractivity contribution in [2.24, 2.45) is 5.92 Å². The van der Waals surface area contributed by atoms with Crippen molar-refractivity contribution in [1.29, 1.82) is 0 Å². The number of aromatic nitrogens is 2. The van der Waals surface area contributed by atoms with Gasteiger partial charge < -0.3 is 5.32 Å². The molecule has 0 saturated heterocycles. The van der Waals surface area contributed by atoms with E-state index in [1.165, 1.54) is 37.2 Å². The summed E-state index contributed by atoms with van der Waals surface area (Å²) in [7, 11) is 0. The first-order valence-electron chi connectivity index (χ1n) is 5.37. The smallest absolute Gasteiger partial charge is 0.0893 e. The van der Waals surface area contributed by atoms with Crippen molar-refractivity contribution in [1.82, 2.24) is 14.9 Å². The third kappa shape index (κ3) is 3.03. The lowest BCUT2D eigenvalue weighted by Gasteiger charge is -2.15. The zero-order chi connectivity index (χ0) is 9.80. The molecule has 1 unspecified atom stereocenters. The normalized spacial score (nSPS) is 18.4. The first-order valence-corrected chi connectivity index (χ1v) is 6.21. The van der Waals surface area contributed by atoms with Gasteiger partial charge in [-0.1, -0.05) is 24.3 Å². The molecule has 1 aromatic rings. The predicted octanol–water partition coefficient (Wildman–Crippen LogP) is 2.21. The van der Waals surface area contributed by atoms with Gasteiger partial charge in [-0.25, -0.2) is 0 Å². The molecule has 0 radical (unpaired) electrons. The molecule has 1 atom stereocenters. The van der Waals surface area contributed by atoms with Gasteiger partial charge in [-0.15, -0.1) is 5.10 Å². The zero-order valence-corrected chi connectivity index (χ0v) is 9.39. The van der Waals surface area contributed by atoms with Crippen LogP contribution in [0.3, 0.4) is 0 Å². The van der Waals surface area contributed by atoms with Crippen LogP contribution >= 0.6 is 11.5 Å². The molecule has 0 aliphatic heterocycles. The number of hydrogen-bond donors (Lipinski definition) is 1. The summed E-state index contributed by atoms with van der Waals surface area (Å²) >= 11 is 1.42. The van der Waals surface area contributed by atoms with Crippen molar-refractivity contribution in [2.45, 2.75) is 45.2 Å². The van der Waals surface area contributed by atoms with Crippen molar-refractivity contribution in [3.05, 3.63) is 11.1 Å². The second-order valence-electron chi connectivity index (χ2n) is 4.06. The first kappa shape index (κ1) is 10.1. The summed E-state index contributed by atoms with van der Waals surface area (Å²) in [5.41, 5.74) is 1.07. The van der Waals surface area contributed by atoms with Gasteiger partial charge in [-0.05, 0) is 30.3 Å². The first-order chi connectivity index (χ1) is 6.88. The van der Waals surface area contributed by atoms with Crippen LogP contribution in [0.2, 0.25) is 0 Å². The van der Waals surface area contributed by atoms with Crippen LogP contribution in [0.4, 0.5) is 0 Å². The van der Waals surface area contributed by atoms with Crippen molar-refractivity contribution < 1.29 is 0 Å². The minimum atomic E-state index is 0.671. The van der Waals surface area contributed by atoms with Gasteiger partial charge in [0, 0.05) is 18.0 Å². The second-order valence-corrected chi connectivity index (χ2v) is 4.67. The van der Waals surface area contributed by atoms with Crippen LogP contribution in [-0.4, -0.2) is 15.6 Å². The van der Waals surface area contributed by atoms with E-state index in [2.05, 4.69) is 21.8 Å². The largest absolute Gasteiger partial charge is 0.308 e. The molecule has 78 valence electrons. The maximum atomic E-state index is 4.02. The van der Waals surface area contributed by atoms with E-state index in [9.17, 15) is 0 Å². The Morgan fingerprint density at radius 1 is 1.64 bits per heavy atom. The van der Waals surface area contributed by atoms with Gasteiger partial charge in [0.15, 0.2) is 0 Å².